The van der Waals surface area contributed by atoms with Crippen molar-refractivity contribution in [3.05, 3.63) is 53.4 Å². The molecule has 0 aliphatic carbocycles. The standard InChI is InChI=1S/C18H15FN2O5/c1-25-14-8-10(9-15(26-2)16(14)22)7-13-17(23)20-21(18(13)24)12-5-3-11(19)4-6-12/h3-9,22H,1-2H3,(H,20,23). The smallest absolute Gasteiger partial charge is 0.282 e. The minimum atomic E-state index is -0.606. The van der Waals surface area contributed by atoms with Crippen LogP contribution in [-0.4, -0.2) is 31.1 Å². The molecule has 7 nitrogen and oxygen atoms in total. The molecule has 1 aliphatic heterocycles. The summed E-state index contributed by atoms with van der Waals surface area (Å²) in [5.74, 6) is -1.56. The number of phenols is 1. The third-order valence-corrected chi connectivity index (χ3v) is 3.79. The molecule has 0 radical (unpaired) electrons. The van der Waals surface area contributed by atoms with E-state index in [1.807, 2.05) is 0 Å². The average Bonchev–Trinajstić information content (AvgIpc) is 2.91. The molecule has 0 aromatic heterocycles. The fourth-order valence-corrected chi connectivity index (χ4v) is 2.49. The lowest BCUT2D eigenvalue weighted by Crippen LogP contribution is -2.35. The number of halogens is 1. The second-order valence-electron chi connectivity index (χ2n) is 5.39. The summed E-state index contributed by atoms with van der Waals surface area (Å²) in [5.41, 5.74) is 3.05. The van der Waals surface area contributed by atoms with Crippen molar-refractivity contribution in [2.75, 3.05) is 19.2 Å². The molecule has 2 aromatic rings. The molecular formula is C18H15FN2O5. The van der Waals surface area contributed by atoms with Crippen LogP contribution < -0.4 is 19.9 Å². The van der Waals surface area contributed by atoms with E-state index >= 15 is 0 Å². The van der Waals surface area contributed by atoms with Crippen molar-refractivity contribution >= 4 is 23.6 Å². The third kappa shape index (κ3) is 3.04. The highest BCUT2D eigenvalue weighted by molar-refractivity contribution is 6.31. The number of methoxy groups -OCH3 is 2. The van der Waals surface area contributed by atoms with E-state index in [0.29, 0.717) is 11.3 Å². The van der Waals surface area contributed by atoms with Gasteiger partial charge in [-0.3, -0.25) is 15.0 Å². The molecule has 8 heteroatoms. The molecule has 2 aromatic carbocycles. The summed E-state index contributed by atoms with van der Waals surface area (Å²) in [6.45, 7) is 0. The Balaban J connectivity index is 1.97. The zero-order chi connectivity index (χ0) is 18.8. The van der Waals surface area contributed by atoms with Gasteiger partial charge in [-0.25, -0.2) is 9.40 Å². The first-order valence-corrected chi connectivity index (χ1v) is 7.52. The Kier molecular flexibility index (Phi) is 4.49. The zero-order valence-electron chi connectivity index (χ0n) is 13.9. The van der Waals surface area contributed by atoms with Crippen LogP contribution in [0.2, 0.25) is 0 Å². The number of hydrazine groups is 1. The number of ether oxygens (including phenoxy) is 2. The van der Waals surface area contributed by atoms with Crippen LogP contribution in [0.25, 0.3) is 6.08 Å². The Hall–Kier alpha value is -3.55. The van der Waals surface area contributed by atoms with Crippen LogP contribution >= 0.6 is 0 Å². The summed E-state index contributed by atoms with van der Waals surface area (Å²) in [6.07, 6.45) is 1.35. The second-order valence-corrected chi connectivity index (χ2v) is 5.39. The molecule has 26 heavy (non-hydrogen) atoms. The predicted octanol–water partition coefficient (Wildman–Crippen LogP) is 2.01. The molecule has 0 bridgehead atoms. The van der Waals surface area contributed by atoms with E-state index in [-0.39, 0.29) is 22.8 Å². The minimum Gasteiger partial charge on any atom is -0.502 e. The van der Waals surface area contributed by atoms with Gasteiger partial charge >= 0.3 is 0 Å². The minimum absolute atomic E-state index is 0.121. The number of rotatable bonds is 4. The number of anilines is 1. The number of aromatic hydroxyl groups is 1. The number of nitrogens with zero attached hydrogens (tertiary/aromatic N) is 1. The maximum atomic E-state index is 13.0. The van der Waals surface area contributed by atoms with Crippen molar-refractivity contribution in [1.29, 1.82) is 0 Å². The number of hydrogen-bond donors (Lipinski definition) is 2. The highest BCUT2D eigenvalue weighted by Crippen LogP contribution is 2.38. The normalized spacial score (nSPS) is 15.3. The van der Waals surface area contributed by atoms with Gasteiger partial charge in [-0.1, -0.05) is 0 Å². The molecule has 0 atom stereocenters. The molecule has 0 saturated carbocycles. The van der Waals surface area contributed by atoms with Gasteiger partial charge in [-0.05, 0) is 48.0 Å². The third-order valence-electron chi connectivity index (χ3n) is 3.79. The molecule has 1 aliphatic rings. The monoisotopic (exact) mass is 358 g/mol. The highest BCUT2D eigenvalue weighted by atomic mass is 19.1. The van der Waals surface area contributed by atoms with Crippen molar-refractivity contribution in [2.24, 2.45) is 0 Å². The molecule has 134 valence electrons. The fraction of sp³-hybridized carbons (Fsp3) is 0.111. The molecule has 3 rings (SSSR count). The fourth-order valence-electron chi connectivity index (χ4n) is 2.49. The summed E-state index contributed by atoms with van der Waals surface area (Å²) in [7, 11) is 2.74. The number of nitrogens with one attached hydrogen (secondary N) is 1. The van der Waals surface area contributed by atoms with Crippen LogP contribution in [0.5, 0.6) is 17.2 Å². The van der Waals surface area contributed by atoms with E-state index in [2.05, 4.69) is 5.43 Å². The SMILES string of the molecule is COc1cc(C=C2C(=O)NN(c3ccc(F)cc3)C2=O)cc(OC)c1O. The quantitative estimate of drug-likeness (QED) is 0.645. The Labute approximate surface area is 148 Å². The predicted molar refractivity (Wildman–Crippen MR) is 91.2 cm³/mol. The van der Waals surface area contributed by atoms with Crippen molar-refractivity contribution in [1.82, 2.24) is 5.43 Å². The first-order valence-electron chi connectivity index (χ1n) is 7.52. The van der Waals surface area contributed by atoms with E-state index in [1.54, 1.807) is 0 Å². The largest absolute Gasteiger partial charge is 0.502 e. The first kappa shape index (κ1) is 17.3. The Morgan fingerprint density at radius 3 is 2.19 bits per heavy atom. The molecule has 1 fully saturated rings. The van der Waals surface area contributed by atoms with Gasteiger partial charge in [0.15, 0.2) is 11.5 Å². The number of phenolic OH excluding ortho intramolecular Hbond substituents is 1. The van der Waals surface area contributed by atoms with Crippen LogP contribution in [0.15, 0.2) is 42.0 Å². The Morgan fingerprint density at radius 2 is 1.65 bits per heavy atom. The van der Waals surface area contributed by atoms with Gasteiger partial charge in [0.1, 0.15) is 11.4 Å². The van der Waals surface area contributed by atoms with E-state index in [9.17, 15) is 19.1 Å². The van der Waals surface area contributed by atoms with Crippen LogP contribution in [0.1, 0.15) is 5.56 Å². The maximum Gasteiger partial charge on any atom is 0.282 e. The average molecular weight is 358 g/mol. The van der Waals surface area contributed by atoms with Gasteiger partial charge in [0.2, 0.25) is 5.75 Å². The van der Waals surface area contributed by atoms with Crippen molar-refractivity contribution in [2.45, 2.75) is 0 Å². The second kappa shape index (κ2) is 6.75. The molecule has 2 N–H and O–H groups in total. The summed E-state index contributed by atoms with van der Waals surface area (Å²) < 4.78 is 23.2. The number of carbonyl (C=O) groups excluding carboxylic acids is 2. The van der Waals surface area contributed by atoms with Crippen LogP contribution in [-0.2, 0) is 9.59 Å². The Morgan fingerprint density at radius 1 is 1.08 bits per heavy atom. The van der Waals surface area contributed by atoms with Gasteiger partial charge in [0.25, 0.3) is 11.8 Å². The number of benzene rings is 2. The zero-order valence-corrected chi connectivity index (χ0v) is 13.9. The van der Waals surface area contributed by atoms with Gasteiger partial charge in [0, 0.05) is 0 Å². The Bertz CT molecular complexity index is 883. The van der Waals surface area contributed by atoms with Crippen LogP contribution in [0, 0.1) is 5.82 Å². The van der Waals surface area contributed by atoms with Crippen LogP contribution in [0.4, 0.5) is 10.1 Å². The number of carbonyl (C=O) groups is 2. The molecule has 0 unspecified atom stereocenters. The lowest BCUT2D eigenvalue weighted by atomic mass is 10.1. The van der Waals surface area contributed by atoms with Crippen LogP contribution in [0.3, 0.4) is 0 Å². The van der Waals surface area contributed by atoms with Gasteiger partial charge < -0.3 is 14.6 Å². The van der Waals surface area contributed by atoms with E-state index in [0.717, 1.165) is 5.01 Å². The van der Waals surface area contributed by atoms with Gasteiger partial charge in [-0.2, -0.15) is 0 Å². The summed E-state index contributed by atoms with van der Waals surface area (Å²) in [4.78, 5) is 24.7. The van der Waals surface area contributed by atoms with Crippen molar-refractivity contribution < 1.29 is 28.6 Å². The number of hydrogen-bond acceptors (Lipinski definition) is 5. The van der Waals surface area contributed by atoms with E-state index < -0.39 is 17.6 Å². The van der Waals surface area contributed by atoms with E-state index in [1.165, 1.54) is 56.7 Å². The van der Waals surface area contributed by atoms with Crippen molar-refractivity contribution in [3.63, 3.8) is 0 Å². The van der Waals surface area contributed by atoms with Gasteiger partial charge in [0.05, 0.1) is 19.9 Å². The summed E-state index contributed by atoms with van der Waals surface area (Å²) in [5, 5.41) is 11.0. The summed E-state index contributed by atoms with van der Waals surface area (Å²) in [6, 6.07) is 8.06. The molecular weight excluding hydrogens is 343 g/mol. The number of amides is 2. The maximum absolute atomic E-state index is 13.0. The molecule has 0 spiro atoms. The van der Waals surface area contributed by atoms with Crippen molar-refractivity contribution in [3.8, 4) is 17.2 Å². The first-order chi connectivity index (χ1) is 12.4. The topological polar surface area (TPSA) is 88.1 Å². The molecule has 2 amide bonds. The lowest BCUT2D eigenvalue weighted by molar-refractivity contribution is -0.117. The van der Waals surface area contributed by atoms with Gasteiger partial charge in [-0.15, -0.1) is 0 Å². The van der Waals surface area contributed by atoms with E-state index in [4.69, 9.17) is 9.47 Å². The molecule has 1 heterocycles. The highest BCUT2D eigenvalue weighted by Gasteiger charge is 2.34. The molecule has 1 saturated heterocycles. The lowest BCUT2D eigenvalue weighted by Gasteiger charge is -2.14. The summed E-state index contributed by atoms with van der Waals surface area (Å²) >= 11 is 0.